The Morgan fingerprint density at radius 1 is 1.12 bits per heavy atom. The first-order valence-corrected chi connectivity index (χ1v) is 13.7. The van der Waals surface area contributed by atoms with E-state index in [1.54, 1.807) is 19.1 Å². The number of aryl methyl sites for hydroxylation is 1. The number of alkyl halides is 5. The zero-order chi connectivity index (χ0) is 31.0. The molecule has 222 valence electrons. The van der Waals surface area contributed by atoms with Crippen LogP contribution in [0.5, 0.6) is 0 Å². The van der Waals surface area contributed by atoms with Crippen LogP contribution >= 0.6 is 34.2 Å². The number of ketones is 1. The molecule has 9 nitrogen and oxygen atoms in total. The molecule has 0 fully saturated rings. The monoisotopic (exact) mass is 721 g/mol. The minimum Gasteiger partial charge on any atom is -0.350 e. The van der Waals surface area contributed by atoms with Gasteiger partial charge in [0.25, 0.3) is 5.91 Å². The van der Waals surface area contributed by atoms with Crippen molar-refractivity contribution in [2.24, 2.45) is 0 Å². The lowest BCUT2D eigenvalue weighted by Crippen LogP contribution is -2.34. The lowest BCUT2D eigenvalue weighted by molar-refractivity contribution is -0.291. The van der Waals surface area contributed by atoms with Crippen LogP contribution < -0.4 is 5.32 Å². The first-order chi connectivity index (χ1) is 19.6. The van der Waals surface area contributed by atoms with E-state index in [1.807, 2.05) is 19.9 Å². The second-order valence-corrected chi connectivity index (χ2v) is 11.2. The molecular weight excluding hydrogens is 700 g/mol. The lowest BCUT2D eigenvalue weighted by atomic mass is 9.95. The highest BCUT2D eigenvalue weighted by Gasteiger charge is 2.60. The minimum atomic E-state index is -5.86. The average molecular weight is 722 g/mol. The minimum absolute atomic E-state index is 0.0215. The molecule has 0 aliphatic heterocycles. The second kappa shape index (κ2) is 12.0. The second-order valence-electron chi connectivity index (χ2n) is 9.55. The van der Waals surface area contributed by atoms with Gasteiger partial charge in [0, 0.05) is 27.8 Å². The van der Waals surface area contributed by atoms with Gasteiger partial charge in [0.1, 0.15) is 12.2 Å². The summed E-state index contributed by atoms with van der Waals surface area (Å²) >= 11 is 8.39. The van der Waals surface area contributed by atoms with Gasteiger partial charge in [-0.25, -0.2) is 9.67 Å². The van der Waals surface area contributed by atoms with Gasteiger partial charge in [-0.05, 0) is 84.8 Å². The zero-order valence-corrected chi connectivity index (χ0v) is 25.1. The highest BCUT2D eigenvalue weighted by molar-refractivity contribution is 14.1. The van der Waals surface area contributed by atoms with Crippen molar-refractivity contribution in [1.82, 2.24) is 35.1 Å². The molecular formula is C26H22ClF5IN7O2. The van der Waals surface area contributed by atoms with E-state index in [0.29, 0.717) is 27.7 Å². The molecule has 0 aliphatic rings. The molecule has 0 saturated heterocycles. The van der Waals surface area contributed by atoms with E-state index < -0.39 is 30.1 Å². The van der Waals surface area contributed by atoms with E-state index in [9.17, 15) is 31.5 Å². The van der Waals surface area contributed by atoms with Crippen LogP contribution in [0.1, 0.15) is 57.2 Å². The summed E-state index contributed by atoms with van der Waals surface area (Å²) in [6.45, 7) is 4.94. The van der Waals surface area contributed by atoms with Crippen molar-refractivity contribution in [2.75, 3.05) is 0 Å². The number of amides is 1. The fourth-order valence-corrected chi connectivity index (χ4v) is 4.99. The summed E-state index contributed by atoms with van der Waals surface area (Å²) in [6, 6.07) is 7.73. The van der Waals surface area contributed by atoms with Gasteiger partial charge in [0.05, 0.1) is 16.9 Å². The zero-order valence-electron chi connectivity index (χ0n) is 22.2. The molecule has 42 heavy (non-hydrogen) atoms. The summed E-state index contributed by atoms with van der Waals surface area (Å²) in [7, 11) is 0. The van der Waals surface area contributed by atoms with Gasteiger partial charge in [-0.2, -0.15) is 42.0 Å². The smallest absolute Gasteiger partial charge is 0.350 e. The van der Waals surface area contributed by atoms with E-state index in [4.69, 9.17) is 11.6 Å². The van der Waals surface area contributed by atoms with Gasteiger partial charge in [-0.15, -0.1) is 0 Å². The number of Topliss-reactive ketones (excluding diaryl/α,β-unsaturated/α-hetero) is 1. The van der Waals surface area contributed by atoms with Gasteiger partial charge >= 0.3 is 12.1 Å². The van der Waals surface area contributed by atoms with Crippen molar-refractivity contribution < 1.29 is 31.5 Å². The SMILES string of the molecule is Cc1cc(I)cc(C(=O)NC(C)C)c1CC(=O)c1cc(Cn2ncc(C(F)(F)C(F)(F)F)n2)nn1-c1ncccc1Cl. The van der Waals surface area contributed by atoms with Crippen molar-refractivity contribution in [3.63, 3.8) is 0 Å². The summed E-state index contributed by atoms with van der Waals surface area (Å²) in [5.74, 6) is -5.98. The average Bonchev–Trinajstić information content (AvgIpc) is 3.52. The molecule has 0 atom stereocenters. The molecule has 0 bridgehead atoms. The summed E-state index contributed by atoms with van der Waals surface area (Å²) in [5.41, 5.74) is -0.0540. The fourth-order valence-electron chi connectivity index (χ4n) is 4.01. The molecule has 0 radical (unpaired) electrons. The third-order valence-corrected chi connectivity index (χ3v) is 6.86. The Morgan fingerprint density at radius 2 is 1.83 bits per heavy atom. The number of pyridine rings is 1. The highest BCUT2D eigenvalue weighted by Crippen LogP contribution is 2.42. The van der Waals surface area contributed by atoms with Crippen LogP contribution in [0.25, 0.3) is 5.82 Å². The number of nitrogens with zero attached hydrogens (tertiary/aromatic N) is 6. The van der Waals surface area contributed by atoms with Crippen LogP contribution in [0.3, 0.4) is 0 Å². The molecule has 1 amide bonds. The number of halogens is 7. The normalized spacial score (nSPS) is 12.2. The Hall–Kier alpha value is -3.47. The topological polar surface area (TPSA) is 108 Å². The summed E-state index contributed by atoms with van der Waals surface area (Å²) in [4.78, 5) is 31.5. The number of aromatic nitrogens is 6. The Labute approximate surface area is 254 Å². The van der Waals surface area contributed by atoms with Crippen LogP contribution in [-0.2, 0) is 18.9 Å². The van der Waals surface area contributed by atoms with Crippen LogP contribution in [0.4, 0.5) is 22.0 Å². The molecule has 16 heteroatoms. The van der Waals surface area contributed by atoms with Crippen molar-refractivity contribution >= 4 is 45.9 Å². The van der Waals surface area contributed by atoms with Crippen LogP contribution in [-0.4, -0.2) is 53.7 Å². The van der Waals surface area contributed by atoms with E-state index in [1.165, 1.54) is 18.3 Å². The summed E-state index contributed by atoms with van der Waals surface area (Å²) in [6.07, 6.45) is -4.35. The van der Waals surface area contributed by atoms with Crippen LogP contribution in [0, 0.1) is 10.5 Å². The molecule has 4 aromatic rings. The van der Waals surface area contributed by atoms with Gasteiger partial charge in [0.15, 0.2) is 17.3 Å². The number of carbonyl (C=O) groups is 2. The van der Waals surface area contributed by atoms with Crippen LogP contribution in [0.15, 0.2) is 42.7 Å². The number of hydrogen-bond acceptors (Lipinski definition) is 6. The van der Waals surface area contributed by atoms with E-state index >= 15 is 0 Å². The molecule has 0 aliphatic carbocycles. The Bertz CT molecular complexity index is 1650. The van der Waals surface area contributed by atoms with Gasteiger partial charge in [0.2, 0.25) is 0 Å². The number of rotatable bonds is 9. The van der Waals surface area contributed by atoms with Crippen molar-refractivity contribution in [3.05, 3.63) is 85.1 Å². The maximum atomic E-state index is 13.7. The van der Waals surface area contributed by atoms with E-state index in [0.717, 1.165) is 8.25 Å². The molecule has 3 heterocycles. The number of benzene rings is 1. The first kappa shape index (κ1) is 31.5. The predicted molar refractivity (Wildman–Crippen MR) is 150 cm³/mol. The fraction of sp³-hybridized carbons (Fsp3) is 0.308. The quantitative estimate of drug-likeness (QED) is 0.135. The van der Waals surface area contributed by atoms with E-state index in [-0.39, 0.29) is 40.6 Å². The number of hydrogen-bond donors (Lipinski definition) is 1. The van der Waals surface area contributed by atoms with Crippen molar-refractivity contribution in [1.29, 1.82) is 0 Å². The standard InChI is InChI=1S/C26H22ClF5IN7O2/c1-13(2)36-24(42)18-8-15(33)7-14(3)17(18)10-21(41)20-9-16(37-40(20)23-19(27)5-4-6-34-23)12-39-35-11-22(38-39)25(28,29)26(30,31)32/h4-9,11,13H,10,12H2,1-3H3,(H,36,42). The van der Waals surface area contributed by atoms with Gasteiger partial charge < -0.3 is 5.32 Å². The Balaban J connectivity index is 1.73. The van der Waals surface area contributed by atoms with Crippen LogP contribution in [0.2, 0.25) is 5.02 Å². The van der Waals surface area contributed by atoms with Crippen molar-refractivity contribution in [3.8, 4) is 5.82 Å². The van der Waals surface area contributed by atoms with E-state index in [2.05, 4.69) is 48.2 Å². The Kier molecular flexibility index (Phi) is 9.01. The molecule has 0 unspecified atom stereocenters. The summed E-state index contributed by atoms with van der Waals surface area (Å²) < 4.78 is 67.7. The molecule has 0 spiro atoms. The maximum Gasteiger partial charge on any atom is 0.459 e. The molecule has 3 aromatic heterocycles. The molecule has 1 aromatic carbocycles. The number of carbonyl (C=O) groups excluding carboxylic acids is 2. The predicted octanol–water partition coefficient (Wildman–Crippen LogP) is 5.69. The third kappa shape index (κ3) is 6.61. The first-order valence-electron chi connectivity index (χ1n) is 12.3. The molecule has 1 N–H and O–H groups in total. The third-order valence-electron chi connectivity index (χ3n) is 5.94. The Morgan fingerprint density at radius 3 is 2.48 bits per heavy atom. The molecule has 0 saturated carbocycles. The van der Waals surface area contributed by atoms with Gasteiger partial charge in [-0.3, -0.25) is 9.59 Å². The van der Waals surface area contributed by atoms with Gasteiger partial charge in [-0.1, -0.05) is 11.6 Å². The summed E-state index contributed by atoms with van der Waals surface area (Å²) in [5, 5.41) is 14.1. The largest absolute Gasteiger partial charge is 0.459 e. The highest BCUT2D eigenvalue weighted by atomic mass is 127. The maximum absolute atomic E-state index is 13.7. The molecule has 4 rings (SSSR count). The lowest BCUT2D eigenvalue weighted by Gasteiger charge is -2.16. The van der Waals surface area contributed by atoms with Crippen molar-refractivity contribution in [2.45, 2.75) is 51.9 Å². The number of nitrogens with one attached hydrogen (secondary N) is 1.